The largest absolute Gasteiger partial charge is 0.481 e. The summed E-state index contributed by atoms with van der Waals surface area (Å²) in [5, 5.41) is 19.0. The average molecular weight is 408 g/mol. The van der Waals surface area contributed by atoms with Gasteiger partial charge in [-0.3, -0.25) is 9.59 Å². The van der Waals surface area contributed by atoms with Crippen LogP contribution in [0.15, 0.2) is 35.2 Å². The molecule has 2 N–H and O–H groups in total. The van der Waals surface area contributed by atoms with Crippen molar-refractivity contribution in [1.29, 1.82) is 0 Å². The molecule has 1 unspecified atom stereocenters. The smallest absolute Gasteiger partial charge is 0.303 e. The van der Waals surface area contributed by atoms with Crippen molar-refractivity contribution in [2.75, 3.05) is 12.3 Å². The van der Waals surface area contributed by atoms with Crippen molar-refractivity contribution < 1.29 is 19.8 Å². The number of piperidine rings is 1. The summed E-state index contributed by atoms with van der Waals surface area (Å²) in [5.74, 6) is 0.166. The fourth-order valence-corrected chi connectivity index (χ4v) is 4.59. The van der Waals surface area contributed by atoms with Gasteiger partial charge in [0.25, 0.3) is 0 Å². The number of carbonyl (C=O) groups is 2. The number of carbonyl (C=O) groups excluding carboxylic acids is 1. The minimum Gasteiger partial charge on any atom is -0.481 e. The van der Waals surface area contributed by atoms with E-state index in [2.05, 4.69) is 12.1 Å². The molecule has 1 heterocycles. The number of hydrogen-bond acceptors (Lipinski definition) is 4. The highest BCUT2D eigenvalue weighted by molar-refractivity contribution is 7.99. The first-order chi connectivity index (χ1) is 13.6. The molecule has 2 atom stereocenters. The highest BCUT2D eigenvalue weighted by Gasteiger charge is 2.27. The van der Waals surface area contributed by atoms with E-state index in [0.29, 0.717) is 25.0 Å². The van der Waals surface area contributed by atoms with Crippen LogP contribution in [0.4, 0.5) is 0 Å². The second-order valence-electron chi connectivity index (χ2n) is 7.55. The topological polar surface area (TPSA) is 77.8 Å². The Morgan fingerprint density at radius 3 is 2.68 bits per heavy atom. The molecule has 1 aliphatic heterocycles. The molecular formula is C22H33NO4S. The number of amides is 1. The lowest BCUT2D eigenvalue weighted by Crippen LogP contribution is -2.44. The van der Waals surface area contributed by atoms with Crippen molar-refractivity contribution in [2.24, 2.45) is 0 Å². The van der Waals surface area contributed by atoms with Crippen molar-refractivity contribution in [2.45, 2.75) is 81.2 Å². The Morgan fingerprint density at radius 1 is 1.18 bits per heavy atom. The number of aliphatic hydroxyl groups is 1. The molecule has 5 nitrogen and oxygen atoms in total. The molecule has 0 radical (unpaired) electrons. The lowest BCUT2D eigenvalue weighted by molar-refractivity contribution is -0.137. The van der Waals surface area contributed by atoms with E-state index in [-0.39, 0.29) is 24.5 Å². The number of aliphatic carboxylic acids is 1. The summed E-state index contributed by atoms with van der Waals surface area (Å²) in [6.45, 7) is 0.755. The molecule has 2 rings (SSSR count). The molecular weight excluding hydrogens is 374 g/mol. The molecule has 0 aliphatic carbocycles. The van der Waals surface area contributed by atoms with Crippen LogP contribution in [0.3, 0.4) is 0 Å². The molecule has 1 fully saturated rings. The minimum absolute atomic E-state index is 0.226. The van der Waals surface area contributed by atoms with Crippen molar-refractivity contribution in [3.63, 3.8) is 0 Å². The third kappa shape index (κ3) is 8.65. The van der Waals surface area contributed by atoms with Crippen LogP contribution in [0.25, 0.3) is 0 Å². The Bertz CT molecular complexity index is 595. The van der Waals surface area contributed by atoms with E-state index in [1.54, 1.807) is 11.8 Å². The van der Waals surface area contributed by atoms with Crippen LogP contribution in [0, 0.1) is 0 Å². The first-order valence-corrected chi connectivity index (χ1v) is 11.4. The van der Waals surface area contributed by atoms with Crippen molar-refractivity contribution >= 4 is 23.6 Å². The molecule has 0 spiro atoms. The van der Waals surface area contributed by atoms with Gasteiger partial charge in [0, 0.05) is 36.1 Å². The SMILES string of the molecule is O=C(O)CCCCCCN1C(=O)CCC[C@@H]1CCC(O)CSc1ccccc1. The zero-order valence-electron chi connectivity index (χ0n) is 16.6. The Hall–Kier alpha value is -1.53. The first kappa shape index (κ1) is 22.8. The van der Waals surface area contributed by atoms with Gasteiger partial charge in [0.2, 0.25) is 5.91 Å². The minimum atomic E-state index is -0.741. The standard InChI is InChI=1S/C22H33NO4S/c24-19(17-28-20-10-4-3-5-11-20)15-14-18-9-8-12-21(25)23(18)16-7-2-1-6-13-22(26)27/h3-5,10-11,18-19,24H,1-2,6-9,12-17H2,(H,26,27)/t18-,19?/m1/s1. The molecule has 0 bridgehead atoms. The number of carboxylic acid groups (broad SMARTS) is 1. The molecule has 1 aromatic rings. The fourth-order valence-electron chi connectivity index (χ4n) is 3.69. The van der Waals surface area contributed by atoms with E-state index in [9.17, 15) is 14.7 Å². The van der Waals surface area contributed by atoms with Gasteiger partial charge >= 0.3 is 5.97 Å². The van der Waals surface area contributed by atoms with Crippen LogP contribution in [-0.2, 0) is 9.59 Å². The number of unbranched alkanes of at least 4 members (excludes halogenated alkanes) is 3. The normalized spacial score (nSPS) is 18.2. The van der Waals surface area contributed by atoms with E-state index in [1.807, 2.05) is 23.1 Å². The summed E-state index contributed by atoms with van der Waals surface area (Å²) in [4.78, 5) is 26.1. The van der Waals surface area contributed by atoms with Crippen LogP contribution in [0.1, 0.15) is 64.2 Å². The van der Waals surface area contributed by atoms with E-state index in [0.717, 1.165) is 45.1 Å². The van der Waals surface area contributed by atoms with E-state index in [1.165, 1.54) is 4.90 Å². The van der Waals surface area contributed by atoms with Crippen molar-refractivity contribution in [3.05, 3.63) is 30.3 Å². The molecule has 0 saturated carbocycles. The summed E-state index contributed by atoms with van der Waals surface area (Å²) in [7, 11) is 0. The fraction of sp³-hybridized carbons (Fsp3) is 0.636. The quantitative estimate of drug-likeness (QED) is 0.376. The van der Waals surface area contributed by atoms with Gasteiger partial charge in [0.05, 0.1) is 6.10 Å². The van der Waals surface area contributed by atoms with Gasteiger partial charge in [-0.1, -0.05) is 31.0 Å². The molecule has 6 heteroatoms. The lowest BCUT2D eigenvalue weighted by Gasteiger charge is -2.36. The number of hydrogen-bond donors (Lipinski definition) is 2. The predicted octanol–water partition coefficient (Wildman–Crippen LogP) is 4.34. The third-order valence-corrected chi connectivity index (χ3v) is 6.40. The van der Waals surface area contributed by atoms with Gasteiger partial charge in [-0.2, -0.15) is 0 Å². The Labute approximate surface area is 172 Å². The molecule has 1 saturated heterocycles. The van der Waals surface area contributed by atoms with Crippen LogP contribution >= 0.6 is 11.8 Å². The number of likely N-dealkylation sites (tertiary alicyclic amines) is 1. The molecule has 156 valence electrons. The third-order valence-electron chi connectivity index (χ3n) is 5.25. The van der Waals surface area contributed by atoms with E-state index < -0.39 is 5.97 Å². The van der Waals surface area contributed by atoms with Gasteiger partial charge in [-0.05, 0) is 50.7 Å². The van der Waals surface area contributed by atoms with E-state index >= 15 is 0 Å². The van der Waals surface area contributed by atoms with Crippen LogP contribution in [0.5, 0.6) is 0 Å². The summed E-state index contributed by atoms with van der Waals surface area (Å²) in [5.41, 5.74) is 0. The maximum Gasteiger partial charge on any atom is 0.303 e. The van der Waals surface area contributed by atoms with Gasteiger partial charge in [0.15, 0.2) is 0 Å². The summed E-state index contributed by atoms with van der Waals surface area (Å²) >= 11 is 1.67. The summed E-state index contributed by atoms with van der Waals surface area (Å²) in [6.07, 6.45) is 7.50. The van der Waals surface area contributed by atoms with E-state index in [4.69, 9.17) is 5.11 Å². The van der Waals surface area contributed by atoms with Gasteiger partial charge in [-0.25, -0.2) is 0 Å². The lowest BCUT2D eigenvalue weighted by atomic mass is 9.96. The number of benzene rings is 1. The molecule has 0 aromatic heterocycles. The molecule has 1 aromatic carbocycles. The van der Waals surface area contributed by atoms with Gasteiger partial charge in [-0.15, -0.1) is 11.8 Å². The summed E-state index contributed by atoms with van der Waals surface area (Å²) < 4.78 is 0. The maximum atomic E-state index is 12.4. The van der Waals surface area contributed by atoms with Crippen molar-refractivity contribution in [1.82, 2.24) is 4.90 Å². The molecule has 28 heavy (non-hydrogen) atoms. The van der Waals surface area contributed by atoms with Crippen LogP contribution < -0.4 is 0 Å². The van der Waals surface area contributed by atoms with Gasteiger partial charge in [0.1, 0.15) is 0 Å². The zero-order valence-corrected chi connectivity index (χ0v) is 17.4. The Kier molecular flexibility index (Phi) is 10.4. The molecule has 1 aliphatic rings. The zero-order chi connectivity index (χ0) is 20.2. The Morgan fingerprint density at radius 2 is 1.93 bits per heavy atom. The first-order valence-electron chi connectivity index (χ1n) is 10.4. The van der Waals surface area contributed by atoms with Gasteiger partial charge < -0.3 is 15.1 Å². The van der Waals surface area contributed by atoms with Crippen LogP contribution in [-0.4, -0.2) is 51.4 Å². The predicted molar refractivity (Wildman–Crippen MR) is 112 cm³/mol. The maximum absolute atomic E-state index is 12.4. The number of thioether (sulfide) groups is 1. The van der Waals surface area contributed by atoms with Crippen LogP contribution in [0.2, 0.25) is 0 Å². The number of nitrogens with zero attached hydrogens (tertiary/aromatic N) is 1. The summed E-state index contributed by atoms with van der Waals surface area (Å²) in [6, 6.07) is 10.3. The highest BCUT2D eigenvalue weighted by atomic mass is 32.2. The number of aliphatic hydroxyl groups excluding tert-OH is 1. The number of rotatable bonds is 13. The monoisotopic (exact) mass is 407 g/mol. The second-order valence-corrected chi connectivity index (χ2v) is 8.64. The number of carboxylic acids is 1. The average Bonchev–Trinajstić information content (AvgIpc) is 2.69. The highest BCUT2D eigenvalue weighted by Crippen LogP contribution is 2.25. The van der Waals surface area contributed by atoms with Crippen molar-refractivity contribution in [3.8, 4) is 0 Å². The molecule has 1 amide bonds. The second kappa shape index (κ2) is 12.8. The Balaban J connectivity index is 1.68.